The van der Waals surface area contributed by atoms with Crippen molar-refractivity contribution < 1.29 is 22.1 Å². The molecule has 3 aromatic carbocycles. The van der Waals surface area contributed by atoms with Crippen molar-refractivity contribution in [1.29, 1.82) is 0 Å². The monoisotopic (exact) mass is 520 g/mol. The van der Waals surface area contributed by atoms with Crippen molar-refractivity contribution in [3.8, 4) is 28.4 Å². The quantitative estimate of drug-likeness (QED) is 0.475. The summed E-state index contributed by atoms with van der Waals surface area (Å²) in [4.78, 5) is 11.8. The molecule has 2 aliphatic heterocycles. The molecule has 192 valence electrons. The third-order valence-corrected chi connectivity index (χ3v) is 6.95. The zero-order valence-electron chi connectivity index (χ0n) is 20.8. The minimum Gasteiger partial charge on any atom is -0.497 e. The van der Waals surface area contributed by atoms with Gasteiger partial charge in [-0.15, -0.1) is 0 Å². The highest BCUT2D eigenvalue weighted by Gasteiger charge is 2.49. The molecule has 5 rings (SSSR count). The molecular weight excluding hydrogens is 492 g/mol. The van der Waals surface area contributed by atoms with Gasteiger partial charge in [0, 0.05) is 18.7 Å². The molecule has 1 unspecified atom stereocenters. The molecule has 0 amide bonds. The van der Waals surface area contributed by atoms with E-state index in [0.29, 0.717) is 30.5 Å². The number of methoxy groups -OCH3 is 2. The summed E-state index contributed by atoms with van der Waals surface area (Å²) in [5, 5.41) is 0. The normalized spacial score (nSPS) is 19.1. The van der Waals surface area contributed by atoms with Crippen LogP contribution in [0.25, 0.3) is 11.1 Å². The number of hydrogen-bond donors (Lipinski definition) is 1. The summed E-state index contributed by atoms with van der Waals surface area (Å²) < 4.78 is 39.4. The maximum atomic E-state index is 11.6. The Balaban J connectivity index is 1.69. The second kappa shape index (κ2) is 9.44. The van der Waals surface area contributed by atoms with Crippen LogP contribution in [-0.4, -0.2) is 58.7 Å². The first-order chi connectivity index (χ1) is 17.7. The van der Waals surface area contributed by atoms with Crippen LogP contribution in [0.3, 0.4) is 0 Å². The second-order valence-electron chi connectivity index (χ2n) is 8.85. The summed E-state index contributed by atoms with van der Waals surface area (Å²) >= 11 is 0. The van der Waals surface area contributed by atoms with E-state index in [2.05, 4.69) is 6.07 Å². The molecule has 0 saturated carbocycles. The molecule has 10 heteroatoms. The predicted molar refractivity (Wildman–Crippen MR) is 143 cm³/mol. The molecular formula is C27H28N4O5S. The smallest absolute Gasteiger partial charge is 0.306 e. The molecule has 0 bridgehead atoms. The number of nitrogens with two attached hydrogens (primary N) is 1. The van der Waals surface area contributed by atoms with E-state index in [9.17, 15) is 8.42 Å². The van der Waals surface area contributed by atoms with E-state index in [0.717, 1.165) is 40.8 Å². The molecule has 0 saturated heterocycles. The highest BCUT2D eigenvalue weighted by molar-refractivity contribution is 7.86. The third kappa shape index (κ3) is 4.48. The highest BCUT2D eigenvalue weighted by atomic mass is 32.2. The van der Waals surface area contributed by atoms with Crippen LogP contribution in [0.1, 0.15) is 17.5 Å². The summed E-state index contributed by atoms with van der Waals surface area (Å²) in [5.41, 5.74) is 8.85. The maximum absolute atomic E-state index is 11.6. The molecule has 0 radical (unpaired) electrons. The van der Waals surface area contributed by atoms with Crippen molar-refractivity contribution in [3.05, 3.63) is 77.9 Å². The van der Waals surface area contributed by atoms with E-state index < -0.39 is 15.7 Å². The number of amidine groups is 1. The second-order valence-corrected chi connectivity index (χ2v) is 10.4. The van der Waals surface area contributed by atoms with Gasteiger partial charge in [-0.25, -0.2) is 4.99 Å². The SMILES string of the molecule is COc1ccc(OC)c(-c2cccc(C3(c4ccc(OS(C)(=O)=O)cc4)N=C(N)N4CCCN=C43)c2)c1. The summed E-state index contributed by atoms with van der Waals surface area (Å²) in [6.07, 6.45) is 1.88. The van der Waals surface area contributed by atoms with Gasteiger partial charge in [-0.3, -0.25) is 9.89 Å². The first-order valence-corrected chi connectivity index (χ1v) is 13.6. The van der Waals surface area contributed by atoms with Gasteiger partial charge < -0.3 is 19.4 Å². The molecule has 0 fully saturated rings. The van der Waals surface area contributed by atoms with E-state index in [4.69, 9.17) is 29.4 Å². The first-order valence-electron chi connectivity index (χ1n) is 11.8. The molecule has 1 atom stereocenters. The van der Waals surface area contributed by atoms with Crippen LogP contribution in [0.5, 0.6) is 17.2 Å². The summed E-state index contributed by atoms with van der Waals surface area (Å²) in [7, 11) is -0.397. The van der Waals surface area contributed by atoms with Crippen molar-refractivity contribution in [2.75, 3.05) is 33.6 Å². The van der Waals surface area contributed by atoms with E-state index in [-0.39, 0.29) is 5.75 Å². The lowest BCUT2D eigenvalue weighted by molar-refractivity contribution is 0.404. The zero-order valence-corrected chi connectivity index (χ0v) is 21.7. The van der Waals surface area contributed by atoms with Crippen LogP contribution >= 0.6 is 0 Å². The Kier molecular flexibility index (Phi) is 6.28. The number of benzene rings is 3. The van der Waals surface area contributed by atoms with Crippen molar-refractivity contribution in [2.24, 2.45) is 15.7 Å². The Morgan fingerprint density at radius 1 is 0.946 bits per heavy atom. The van der Waals surface area contributed by atoms with Crippen molar-refractivity contribution in [3.63, 3.8) is 0 Å². The molecule has 3 aromatic rings. The lowest BCUT2D eigenvalue weighted by atomic mass is 9.81. The minimum absolute atomic E-state index is 0.216. The standard InChI is InChI=1S/C27H28N4O5S/c1-34-22-12-13-24(35-2)23(17-22)18-6-4-7-20(16-18)27(25-29-14-5-15-31(25)26(28)30-27)19-8-10-21(11-9-19)36-37(3,32)33/h4,6-13,16-17H,5,14-15H2,1-3H3,(H2,28,30). The lowest BCUT2D eigenvalue weighted by Crippen LogP contribution is -2.46. The largest absolute Gasteiger partial charge is 0.497 e. The fourth-order valence-corrected chi connectivity index (χ4v) is 5.31. The van der Waals surface area contributed by atoms with Gasteiger partial charge in [-0.05, 0) is 59.5 Å². The Hall–Kier alpha value is -4.05. The molecule has 0 spiro atoms. The minimum atomic E-state index is -3.65. The van der Waals surface area contributed by atoms with Crippen LogP contribution in [-0.2, 0) is 15.7 Å². The Morgan fingerprint density at radius 3 is 2.41 bits per heavy atom. The fraction of sp³-hybridized carbons (Fsp3) is 0.259. The number of rotatable bonds is 7. The van der Waals surface area contributed by atoms with Crippen molar-refractivity contribution in [2.45, 2.75) is 12.0 Å². The predicted octanol–water partition coefficient (Wildman–Crippen LogP) is 3.39. The number of guanidine groups is 1. The molecule has 0 aromatic heterocycles. The first kappa shape index (κ1) is 24.6. The average Bonchev–Trinajstić information content (AvgIpc) is 3.21. The van der Waals surface area contributed by atoms with Gasteiger partial charge in [0.15, 0.2) is 11.5 Å². The Bertz CT molecular complexity index is 1500. The Morgan fingerprint density at radius 2 is 1.70 bits per heavy atom. The average molecular weight is 521 g/mol. The van der Waals surface area contributed by atoms with E-state index in [1.54, 1.807) is 38.5 Å². The maximum Gasteiger partial charge on any atom is 0.306 e. The van der Waals surface area contributed by atoms with Gasteiger partial charge in [0.2, 0.25) is 0 Å². The van der Waals surface area contributed by atoms with Crippen LogP contribution in [0.2, 0.25) is 0 Å². The number of nitrogens with zero attached hydrogens (tertiary/aromatic N) is 3. The molecule has 2 heterocycles. The number of aliphatic imine (C=N–C) groups is 2. The molecule has 2 N–H and O–H groups in total. The van der Waals surface area contributed by atoms with Gasteiger partial charge in [-0.2, -0.15) is 8.42 Å². The topological polar surface area (TPSA) is 116 Å². The van der Waals surface area contributed by atoms with Crippen LogP contribution < -0.4 is 19.4 Å². The Labute approximate surface area is 216 Å². The van der Waals surface area contributed by atoms with Crippen molar-refractivity contribution in [1.82, 2.24) is 4.90 Å². The van der Waals surface area contributed by atoms with E-state index in [1.165, 1.54) is 0 Å². The summed E-state index contributed by atoms with van der Waals surface area (Å²) in [5.74, 6) is 2.76. The van der Waals surface area contributed by atoms with Gasteiger partial charge in [0.05, 0.1) is 20.5 Å². The summed E-state index contributed by atoms with van der Waals surface area (Å²) in [6, 6.07) is 20.5. The van der Waals surface area contributed by atoms with E-state index >= 15 is 0 Å². The number of hydrogen-bond acceptors (Lipinski definition) is 9. The van der Waals surface area contributed by atoms with Crippen molar-refractivity contribution >= 4 is 21.9 Å². The van der Waals surface area contributed by atoms with Gasteiger partial charge >= 0.3 is 10.1 Å². The molecule has 0 aliphatic carbocycles. The lowest BCUT2D eigenvalue weighted by Gasteiger charge is -2.33. The molecule has 2 aliphatic rings. The molecule has 37 heavy (non-hydrogen) atoms. The molecule has 9 nitrogen and oxygen atoms in total. The zero-order chi connectivity index (χ0) is 26.2. The van der Waals surface area contributed by atoms with E-state index in [1.807, 2.05) is 41.3 Å². The van der Waals surface area contributed by atoms with Crippen LogP contribution in [0.4, 0.5) is 0 Å². The van der Waals surface area contributed by atoms with Gasteiger partial charge in [0.25, 0.3) is 0 Å². The van der Waals surface area contributed by atoms with Gasteiger partial charge in [0.1, 0.15) is 23.1 Å². The van der Waals surface area contributed by atoms with Crippen LogP contribution in [0.15, 0.2) is 76.7 Å². The van der Waals surface area contributed by atoms with Gasteiger partial charge in [-0.1, -0.05) is 30.3 Å². The fourth-order valence-electron chi connectivity index (χ4n) is 4.85. The third-order valence-electron chi connectivity index (χ3n) is 6.46. The number of fused-ring (bicyclic) bond motifs is 1. The summed E-state index contributed by atoms with van der Waals surface area (Å²) in [6.45, 7) is 1.38. The highest BCUT2D eigenvalue weighted by Crippen LogP contribution is 2.44. The van der Waals surface area contributed by atoms with Crippen LogP contribution in [0, 0.1) is 0 Å². The number of ether oxygens (including phenoxy) is 2.